The molecule has 4 heterocycles. The van der Waals surface area contributed by atoms with Crippen LogP contribution in [0.5, 0.6) is 0 Å². The summed E-state index contributed by atoms with van der Waals surface area (Å²) in [6.07, 6.45) is 5.26. The molecule has 5 aromatic rings. The predicted molar refractivity (Wildman–Crippen MR) is 126 cm³/mol. The molecule has 0 spiro atoms. The van der Waals surface area contributed by atoms with Gasteiger partial charge in [0.15, 0.2) is 23.7 Å². The second-order valence-electron chi connectivity index (χ2n) is 7.45. The summed E-state index contributed by atoms with van der Waals surface area (Å²) >= 11 is 3.44. The lowest BCUT2D eigenvalue weighted by Gasteiger charge is -2.06. The Bertz CT molecular complexity index is 1450. The van der Waals surface area contributed by atoms with Crippen LogP contribution >= 0.6 is 15.9 Å². The fraction of sp³-hybridized carbons (Fsp3) is 0.174. The van der Waals surface area contributed by atoms with Crippen molar-refractivity contribution < 1.29 is 4.84 Å². The molecule has 4 aromatic heterocycles. The van der Waals surface area contributed by atoms with Gasteiger partial charge in [-0.1, -0.05) is 33.2 Å². The summed E-state index contributed by atoms with van der Waals surface area (Å²) in [5.74, 6) is 0.540. The number of pyridine rings is 1. The number of fused-ring (bicyclic) bond motifs is 3. The van der Waals surface area contributed by atoms with Gasteiger partial charge in [0.2, 0.25) is 0 Å². The van der Waals surface area contributed by atoms with Gasteiger partial charge in [0, 0.05) is 16.4 Å². The topological polar surface area (TPSA) is 82.5 Å². The average molecular weight is 490 g/mol. The molecule has 0 atom stereocenters. The molecule has 0 aliphatic rings. The summed E-state index contributed by atoms with van der Waals surface area (Å²) in [7, 11) is 0. The summed E-state index contributed by atoms with van der Waals surface area (Å²) in [4.78, 5) is 19.2. The first-order valence-electron chi connectivity index (χ1n) is 10.1. The number of aryl methyl sites for hydroxylation is 1. The number of hydrogen-bond donors (Lipinski definition) is 0. The highest BCUT2D eigenvalue weighted by molar-refractivity contribution is 9.10. The second kappa shape index (κ2) is 8.16. The van der Waals surface area contributed by atoms with Gasteiger partial charge >= 0.3 is 0 Å². The first kappa shape index (κ1) is 20.3. The molecule has 1 aromatic carbocycles. The van der Waals surface area contributed by atoms with E-state index in [9.17, 15) is 0 Å². The van der Waals surface area contributed by atoms with Crippen molar-refractivity contribution >= 4 is 38.3 Å². The van der Waals surface area contributed by atoms with E-state index in [4.69, 9.17) is 9.82 Å². The van der Waals surface area contributed by atoms with Gasteiger partial charge < -0.3 is 4.84 Å². The molecular weight excluding hydrogens is 470 g/mol. The third-order valence-corrected chi connectivity index (χ3v) is 5.97. The molecule has 8 nitrogen and oxygen atoms in total. The van der Waals surface area contributed by atoms with Crippen LogP contribution in [-0.2, 0) is 11.4 Å². The first-order valence-corrected chi connectivity index (χ1v) is 10.9. The van der Waals surface area contributed by atoms with Gasteiger partial charge in [-0.15, -0.1) is 5.10 Å². The summed E-state index contributed by atoms with van der Waals surface area (Å²) in [6, 6.07) is 11.8. The number of benzene rings is 1. The lowest BCUT2D eigenvalue weighted by atomic mass is 10.1. The van der Waals surface area contributed by atoms with E-state index in [1.807, 2.05) is 49.5 Å². The molecule has 0 radical (unpaired) electrons. The summed E-state index contributed by atoms with van der Waals surface area (Å²) in [5, 5.41) is 9.69. The Hall–Kier alpha value is -3.59. The molecule has 0 aliphatic heterocycles. The van der Waals surface area contributed by atoms with Gasteiger partial charge in [0.1, 0.15) is 6.33 Å². The Morgan fingerprint density at radius 2 is 1.94 bits per heavy atom. The lowest BCUT2D eigenvalue weighted by molar-refractivity contribution is 0.125. The van der Waals surface area contributed by atoms with Crippen LogP contribution in [0.15, 0.2) is 64.7 Å². The van der Waals surface area contributed by atoms with Crippen molar-refractivity contribution in [1.82, 2.24) is 29.1 Å². The molecule has 160 valence electrons. The van der Waals surface area contributed by atoms with Crippen LogP contribution in [0.2, 0.25) is 0 Å². The zero-order valence-electron chi connectivity index (χ0n) is 17.8. The van der Waals surface area contributed by atoms with Gasteiger partial charge in [-0.2, -0.15) is 0 Å². The summed E-state index contributed by atoms with van der Waals surface area (Å²) in [5.41, 5.74) is 6.49. The standard InChI is InChI=1S/C23H20BrN7O/c1-14-16(3)31(19-5-4-10-25-11-19)22-21(14)23-27-20(28-30(23)13-26-22)12-32-29-15(2)17-6-8-18(24)9-7-17/h4-11,13H,12H2,1-3H3/b29-15-. The van der Waals surface area contributed by atoms with Crippen LogP contribution in [0.25, 0.3) is 22.4 Å². The van der Waals surface area contributed by atoms with Crippen LogP contribution in [0.1, 0.15) is 29.6 Å². The number of oxime groups is 1. The lowest BCUT2D eigenvalue weighted by Crippen LogP contribution is -1.99. The molecule has 0 fully saturated rings. The van der Waals surface area contributed by atoms with Crippen LogP contribution in [-0.4, -0.2) is 34.8 Å². The minimum atomic E-state index is 0.165. The highest BCUT2D eigenvalue weighted by atomic mass is 79.9. The Morgan fingerprint density at radius 1 is 1.12 bits per heavy atom. The Labute approximate surface area is 192 Å². The van der Waals surface area contributed by atoms with E-state index in [-0.39, 0.29) is 6.61 Å². The van der Waals surface area contributed by atoms with Crippen molar-refractivity contribution in [3.05, 3.63) is 82.2 Å². The number of halogens is 1. The zero-order chi connectivity index (χ0) is 22.2. The Morgan fingerprint density at radius 3 is 2.69 bits per heavy atom. The van der Waals surface area contributed by atoms with Crippen molar-refractivity contribution in [2.45, 2.75) is 27.4 Å². The van der Waals surface area contributed by atoms with E-state index in [2.05, 4.69) is 54.6 Å². The van der Waals surface area contributed by atoms with Gasteiger partial charge in [0.05, 0.1) is 23.0 Å². The Kier molecular flexibility index (Phi) is 5.18. The summed E-state index contributed by atoms with van der Waals surface area (Å²) in [6.45, 7) is 6.21. The normalized spacial score (nSPS) is 12.1. The molecule has 0 bridgehead atoms. The van der Waals surface area contributed by atoms with Crippen molar-refractivity contribution in [3.8, 4) is 5.69 Å². The van der Waals surface area contributed by atoms with E-state index in [1.54, 1.807) is 17.0 Å². The van der Waals surface area contributed by atoms with Crippen LogP contribution in [0.4, 0.5) is 0 Å². The first-order chi connectivity index (χ1) is 15.5. The monoisotopic (exact) mass is 489 g/mol. The number of rotatable bonds is 5. The van der Waals surface area contributed by atoms with Crippen molar-refractivity contribution in [2.75, 3.05) is 0 Å². The number of aromatic nitrogens is 6. The Balaban J connectivity index is 1.47. The molecule has 32 heavy (non-hydrogen) atoms. The smallest absolute Gasteiger partial charge is 0.192 e. The zero-order valence-corrected chi connectivity index (χ0v) is 19.4. The molecule has 0 unspecified atom stereocenters. The molecule has 9 heteroatoms. The fourth-order valence-corrected chi connectivity index (χ4v) is 3.96. The van der Waals surface area contributed by atoms with Crippen LogP contribution < -0.4 is 0 Å². The minimum absolute atomic E-state index is 0.165. The maximum absolute atomic E-state index is 5.54. The molecule has 5 rings (SSSR count). The van der Waals surface area contributed by atoms with Crippen molar-refractivity contribution in [2.24, 2.45) is 5.16 Å². The SMILES string of the molecule is C/C(=N/OCc1nc2c3c(C)c(C)n(-c4cccnc4)c3ncn2n1)c1ccc(Br)cc1. The maximum Gasteiger partial charge on any atom is 0.192 e. The average Bonchev–Trinajstić information content (AvgIpc) is 3.33. The molecule has 0 aliphatic carbocycles. The number of nitrogens with zero attached hydrogens (tertiary/aromatic N) is 7. The predicted octanol–water partition coefficient (Wildman–Crippen LogP) is 4.78. The van der Waals surface area contributed by atoms with Gasteiger partial charge in [-0.3, -0.25) is 9.55 Å². The molecule has 0 amide bonds. The second-order valence-corrected chi connectivity index (χ2v) is 8.37. The van der Waals surface area contributed by atoms with E-state index in [0.29, 0.717) is 5.82 Å². The van der Waals surface area contributed by atoms with Gasteiger partial charge in [-0.05, 0) is 56.2 Å². The van der Waals surface area contributed by atoms with Gasteiger partial charge in [-0.25, -0.2) is 14.5 Å². The molecule has 0 N–H and O–H groups in total. The van der Waals surface area contributed by atoms with Crippen LogP contribution in [0.3, 0.4) is 0 Å². The quantitative estimate of drug-likeness (QED) is 0.262. The van der Waals surface area contributed by atoms with Crippen molar-refractivity contribution in [3.63, 3.8) is 0 Å². The van der Waals surface area contributed by atoms with E-state index in [1.165, 1.54) is 0 Å². The third kappa shape index (κ3) is 3.54. The minimum Gasteiger partial charge on any atom is -0.387 e. The third-order valence-electron chi connectivity index (χ3n) is 5.44. The van der Waals surface area contributed by atoms with E-state index < -0.39 is 0 Å². The molecule has 0 saturated carbocycles. The highest BCUT2D eigenvalue weighted by Crippen LogP contribution is 2.29. The van der Waals surface area contributed by atoms with E-state index >= 15 is 0 Å². The van der Waals surface area contributed by atoms with Crippen LogP contribution in [0, 0.1) is 13.8 Å². The van der Waals surface area contributed by atoms with Crippen molar-refractivity contribution in [1.29, 1.82) is 0 Å². The molecular formula is C23H20BrN7O. The van der Waals surface area contributed by atoms with Gasteiger partial charge in [0.25, 0.3) is 0 Å². The largest absolute Gasteiger partial charge is 0.387 e. The molecule has 0 saturated heterocycles. The fourth-order valence-electron chi connectivity index (χ4n) is 3.70. The highest BCUT2D eigenvalue weighted by Gasteiger charge is 2.19. The summed E-state index contributed by atoms with van der Waals surface area (Å²) < 4.78 is 4.80. The van der Waals surface area contributed by atoms with E-state index in [0.717, 1.165) is 49.4 Å². The maximum atomic E-state index is 5.54. The number of hydrogen-bond acceptors (Lipinski definition) is 6.